The summed E-state index contributed by atoms with van der Waals surface area (Å²) >= 11 is 5.73. The van der Waals surface area contributed by atoms with Crippen LogP contribution in [-0.4, -0.2) is 6.61 Å². The number of anilines is 2. The first-order chi connectivity index (χ1) is 5.65. The van der Waals surface area contributed by atoms with Gasteiger partial charge in [0.1, 0.15) is 5.75 Å². The van der Waals surface area contributed by atoms with Gasteiger partial charge in [0.2, 0.25) is 0 Å². The second-order valence-electron chi connectivity index (χ2n) is 2.34. The van der Waals surface area contributed by atoms with Crippen molar-refractivity contribution in [2.24, 2.45) is 0 Å². The average Bonchev–Trinajstić information content (AvgIpc) is 2.01. The Morgan fingerprint density at radius 2 is 2.00 bits per heavy atom. The molecule has 1 rings (SSSR count). The number of hydrogen-bond donors (Lipinski definition) is 2. The van der Waals surface area contributed by atoms with Gasteiger partial charge < -0.3 is 16.2 Å². The maximum absolute atomic E-state index is 5.73. The van der Waals surface area contributed by atoms with E-state index in [4.69, 9.17) is 27.8 Å². The van der Waals surface area contributed by atoms with Crippen molar-refractivity contribution in [1.29, 1.82) is 0 Å². The van der Waals surface area contributed by atoms with Crippen molar-refractivity contribution in [2.75, 3.05) is 18.1 Å². The third-order valence-corrected chi connectivity index (χ3v) is 1.76. The van der Waals surface area contributed by atoms with Gasteiger partial charge in [-0.3, -0.25) is 0 Å². The summed E-state index contributed by atoms with van der Waals surface area (Å²) in [6, 6.07) is 3.21. The Morgan fingerprint density at radius 1 is 1.33 bits per heavy atom. The highest BCUT2D eigenvalue weighted by Crippen LogP contribution is 2.30. The summed E-state index contributed by atoms with van der Waals surface area (Å²) in [5.41, 5.74) is 12.2. The van der Waals surface area contributed by atoms with Crippen LogP contribution in [0.5, 0.6) is 5.75 Å². The van der Waals surface area contributed by atoms with Crippen LogP contribution in [0.2, 0.25) is 5.02 Å². The van der Waals surface area contributed by atoms with Crippen LogP contribution >= 0.6 is 11.6 Å². The molecule has 1 aromatic rings. The first-order valence-electron chi connectivity index (χ1n) is 3.62. The van der Waals surface area contributed by atoms with Crippen LogP contribution in [0.4, 0.5) is 11.4 Å². The number of nitrogens with two attached hydrogens (primary N) is 2. The minimum Gasteiger partial charge on any atom is -0.492 e. The lowest BCUT2D eigenvalue weighted by Crippen LogP contribution is -1.98. The first kappa shape index (κ1) is 9.00. The van der Waals surface area contributed by atoms with Gasteiger partial charge in [-0.25, -0.2) is 0 Å². The molecule has 0 bridgehead atoms. The van der Waals surface area contributed by atoms with Gasteiger partial charge in [-0.15, -0.1) is 0 Å². The van der Waals surface area contributed by atoms with Crippen molar-refractivity contribution in [2.45, 2.75) is 6.92 Å². The highest BCUT2D eigenvalue weighted by atomic mass is 35.5. The fraction of sp³-hybridized carbons (Fsp3) is 0.250. The van der Waals surface area contributed by atoms with E-state index in [1.165, 1.54) is 0 Å². The molecule has 0 aliphatic rings. The van der Waals surface area contributed by atoms with Crippen LogP contribution < -0.4 is 16.2 Å². The molecule has 0 heterocycles. The van der Waals surface area contributed by atoms with E-state index >= 15 is 0 Å². The lowest BCUT2D eigenvalue weighted by Gasteiger charge is -2.08. The lowest BCUT2D eigenvalue weighted by atomic mass is 10.2. The molecule has 4 heteroatoms. The SMILES string of the molecule is CCOc1cc(N)c(Cl)cc1N. The molecule has 3 nitrogen and oxygen atoms in total. The van der Waals surface area contributed by atoms with Crippen molar-refractivity contribution in [3.63, 3.8) is 0 Å². The predicted octanol–water partition coefficient (Wildman–Crippen LogP) is 1.90. The molecule has 0 aliphatic carbocycles. The molecule has 1 aromatic carbocycles. The van der Waals surface area contributed by atoms with Crippen LogP contribution in [0.25, 0.3) is 0 Å². The summed E-state index contributed by atoms with van der Waals surface area (Å²) < 4.78 is 5.21. The Bertz CT molecular complexity index is 289. The first-order valence-corrected chi connectivity index (χ1v) is 4.00. The highest BCUT2D eigenvalue weighted by molar-refractivity contribution is 6.33. The monoisotopic (exact) mass is 186 g/mol. The Morgan fingerprint density at radius 3 is 2.58 bits per heavy atom. The van der Waals surface area contributed by atoms with E-state index < -0.39 is 0 Å². The molecule has 0 unspecified atom stereocenters. The van der Waals surface area contributed by atoms with Crippen molar-refractivity contribution in [3.05, 3.63) is 17.2 Å². The maximum Gasteiger partial charge on any atom is 0.144 e. The summed E-state index contributed by atoms with van der Waals surface area (Å²) in [6.07, 6.45) is 0. The van der Waals surface area contributed by atoms with Gasteiger partial charge in [-0.05, 0) is 13.0 Å². The van der Waals surface area contributed by atoms with Crippen LogP contribution in [-0.2, 0) is 0 Å². The number of nitrogen functional groups attached to an aromatic ring is 2. The molecule has 12 heavy (non-hydrogen) atoms. The zero-order chi connectivity index (χ0) is 9.14. The summed E-state index contributed by atoms with van der Waals surface area (Å²) in [5.74, 6) is 0.583. The molecule has 0 saturated carbocycles. The van der Waals surface area contributed by atoms with Gasteiger partial charge in [0, 0.05) is 6.07 Å². The molecule has 0 aliphatic heterocycles. The molecule has 0 amide bonds. The summed E-state index contributed by atoms with van der Waals surface area (Å²) in [6.45, 7) is 2.44. The van der Waals surface area contributed by atoms with Crippen LogP contribution in [0, 0.1) is 0 Å². The standard InChI is InChI=1S/C8H11ClN2O/c1-2-12-8-4-6(10)5(9)3-7(8)11/h3-4H,2,10-11H2,1H3. The second-order valence-corrected chi connectivity index (χ2v) is 2.75. The number of rotatable bonds is 2. The van der Waals surface area contributed by atoms with Gasteiger partial charge in [-0.1, -0.05) is 11.6 Å². The van der Waals surface area contributed by atoms with Crippen LogP contribution in [0.3, 0.4) is 0 Å². The molecule has 0 fully saturated rings. The fourth-order valence-electron chi connectivity index (χ4n) is 0.865. The smallest absolute Gasteiger partial charge is 0.144 e. The van der Waals surface area contributed by atoms with E-state index in [1.807, 2.05) is 6.92 Å². The maximum atomic E-state index is 5.73. The summed E-state index contributed by atoms with van der Waals surface area (Å²) in [4.78, 5) is 0. The van der Waals surface area contributed by atoms with E-state index in [2.05, 4.69) is 0 Å². The molecule has 0 atom stereocenters. The molecule has 0 saturated heterocycles. The average molecular weight is 187 g/mol. The second kappa shape index (κ2) is 3.54. The number of benzene rings is 1. The normalized spacial score (nSPS) is 9.83. The fourth-order valence-corrected chi connectivity index (χ4v) is 1.04. The third-order valence-electron chi connectivity index (χ3n) is 1.43. The van der Waals surface area contributed by atoms with Gasteiger partial charge >= 0.3 is 0 Å². The zero-order valence-corrected chi connectivity index (χ0v) is 7.56. The Hall–Kier alpha value is -1.09. The topological polar surface area (TPSA) is 61.3 Å². The van der Waals surface area contributed by atoms with Crippen molar-refractivity contribution in [3.8, 4) is 5.75 Å². The van der Waals surface area contributed by atoms with Crippen molar-refractivity contribution >= 4 is 23.0 Å². The van der Waals surface area contributed by atoms with E-state index in [1.54, 1.807) is 12.1 Å². The van der Waals surface area contributed by atoms with E-state index in [-0.39, 0.29) is 0 Å². The van der Waals surface area contributed by atoms with E-state index in [0.717, 1.165) is 0 Å². The van der Waals surface area contributed by atoms with E-state index in [9.17, 15) is 0 Å². The number of ether oxygens (including phenoxy) is 1. The van der Waals surface area contributed by atoms with Gasteiger partial charge in [0.05, 0.1) is 23.0 Å². The summed E-state index contributed by atoms with van der Waals surface area (Å²) in [7, 11) is 0. The molecule has 0 radical (unpaired) electrons. The van der Waals surface area contributed by atoms with E-state index in [0.29, 0.717) is 28.8 Å². The Balaban J connectivity index is 3.05. The molecule has 0 spiro atoms. The zero-order valence-electron chi connectivity index (χ0n) is 6.80. The number of halogens is 1. The lowest BCUT2D eigenvalue weighted by molar-refractivity contribution is 0.342. The minimum absolute atomic E-state index is 0.455. The summed E-state index contributed by atoms with van der Waals surface area (Å²) in [5, 5.41) is 0.455. The highest BCUT2D eigenvalue weighted by Gasteiger charge is 2.03. The number of hydrogen-bond acceptors (Lipinski definition) is 3. The predicted molar refractivity (Wildman–Crippen MR) is 51.4 cm³/mol. The largest absolute Gasteiger partial charge is 0.492 e. The quantitative estimate of drug-likeness (QED) is 0.694. The minimum atomic E-state index is 0.455. The van der Waals surface area contributed by atoms with Crippen molar-refractivity contribution < 1.29 is 4.74 Å². The molecular weight excluding hydrogens is 176 g/mol. The van der Waals surface area contributed by atoms with Crippen LogP contribution in [0.1, 0.15) is 6.92 Å². The molecule has 0 aromatic heterocycles. The van der Waals surface area contributed by atoms with Crippen molar-refractivity contribution in [1.82, 2.24) is 0 Å². The molecular formula is C8H11ClN2O. The molecule has 4 N–H and O–H groups in total. The third kappa shape index (κ3) is 1.74. The Labute approximate surface area is 76.3 Å². The van der Waals surface area contributed by atoms with Crippen LogP contribution in [0.15, 0.2) is 12.1 Å². The molecule has 66 valence electrons. The van der Waals surface area contributed by atoms with Gasteiger partial charge in [0.15, 0.2) is 0 Å². The Kier molecular flexibility index (Phi) is 2.65. The van der Waals surface area contributed by atoms with Gasteiger partial charge in [0.25, 0.3) is 0 Å². The van der Waals surface area contributed by atoms with Gasteiger partial charge in [-0.2, -0.15) is 0 Å².